The molecule has 1 aliphatic rings. The third-order valence-corrected chi connectivity index (χ3v) is 7.06. The number of hydrogen-bond acceptors (Lipinski definition) is 8. The minimum Gasteiger partial charge on any atom is -0.492 e. The van der Waals surface area contributed by atoms with Crippen molar-refractivity contribution in [3.05, 3.63) is 35.5 Å². The second-order valence-corrected chi connectivity index (χ2v) is 10.1. The van der Waals surface area contributed by atoms with Crippen molar-refractivity contribution in [3.63, 3.8) is 0 Å². The maximum atomic E-state index is 13.8. The molecule has 0 saturated carbocycles. The number of alkyl halides is 3. The van der Waals surface area contributed by atoms with Gasteiger partial charge in [-0.25, -0.2) is 18.1 Å². The number of aromatic nitrogens is 4. The summed E-state index contributed by atoms with van der Waals surface area (Å²) in [5.41, 5.74) is 0.0980. The van der Waals surface area contributed by atoms with Gasteiger partial charge in [-0.15, -0.1) is 5.10 Å². The third kappa shape index (κ3) is 5.37. The number of nitriles is 1. The van der Waals surface area contributed by atoms with E-state index in [4.69, 9.17) is 4.74 Å². The van der Waals surface area contributed by atoms with Crippen molar-refractivity contribution >= 4 is 21.1 Å². The Balaban J connectivity index is 1.52. The van der Waals surface area contributed by atoms with Crippen molar-refractivity contribution in [2.75, 3.05) is 45.6 Å². The van der Waals surface area contributed by atoms with Crippen LogP contribution in [-0.4, -0.2) is 83.2 Å². The first-order valence-corrected chi connectivity index (χ1v) is 12.4. The van der Waals surface area contributed by atoms with E-state index in [1.54, 1.807) is 7.05 Å². The number of nitrogens with zero attached hydrogens (tertiary/aromatic N) is 7. The fraction of sp³-hybridized carbons (Fsp3) is 0.429. The smallest absolute Gasteiger partial charge is 0.419 e. The maximum Gasteiger partial charge on any atom is 0.419 e. The zero-order valence-electron chi connectivity index (χ0n) is 18.9. The predicted molar refractivity (Wildman–Crippen MR) is 120 cm³/mol. The van der Waals surface area contributed by atoms with Crippen LogP contribution < -0.4 is 4.74 Å². The van der Waals surface area contributed by atoms with Crippen molar-refractivity contribution in [2.24, 2.45) is 7.05 Å². The number of aryl methyl sites for hydroxylation is 1. The summed E-state index contributed by atoms with van der Waals surface area (Å²) < 4.78 is 73.0. The molecule has 0 spiro atoms. The fourth-order valence-corrected chi connectivity index (χ4v) is 4.69. The number of rotatable bonds is 6. The topological polar surface area (TPSA) is 117 Å². The highest BCUT2D eigenvalue weighted by molar-refractivity contribution is 7.88. The first kappa shape index (κ1) is 24.8. The van der Waals surface area contributed by atoms with Crippen LogP contribution >= 0.6 is 0 Å². The Labute approximate surface area is 199 Å². The minimum absolute atomic E-state index is 0.00474. The number of sulfonamides is 1. The van der Waals surface area contributed by atoms with E-state index < -0.39 is 21.8 Å². The van der Waals surface area contributed by atoms with E-state index in [1.165, 1.54) is 27.2 Å². The summed E-state index contributed by atoms with van der Waals surface area (Å²) >= 11 is 0. The van der Waals surface area contributed by atoms with Crippen LogP contribution in [0.25, 0.3) is 22.3 Å². The third-order valence-electron chi connectivity index (χ3n) is 5.75. The van der Waals surface area contributed by atoms with Crippen molar-refractivity contribution in [1.82, 2.24) is 29.2 Å². The van der Waals surface area contributed by atoms with Gasteiger partial charge < -0.3 is 4.74 Å². The van der Waals surface area contributed by atoms with Crippen molar-refractivity contribution in [1.29, 1.82) is 5.26 Å². The number of benzene rings is 1. The van der Waals surface area contributed by atoms with Gasteiger partial charge in [0.2, 0.25) is 10.0 Å². The molecular formula is C21H22F3N7O3S. The van der Waals surface area contributed by atoms with Gasteiger partial charge in [-0.1, -0.05) is 5.21 Å². The van der Waals surface area contributed by atoms with Crippen molar-refractivity contribution in [2.45, 2.75) is 6.18 Å². The van der Waals surface area contributed by atoms with E-state index in [0.717, 1.165) is 12.3 Å². The quantitative estimate of drug-likeness (QED) is 0.495. The lowest BCUT2D eigenvalue weighted by Gasteiger charge is -2.33. The lowest BCUT2D eigenvalue weighted by molar-refractivity contribution is -0.138. The molecule has 0 bridgehead atoms. The molecule has 4 rings (SSSR count). The second kappa shape index (κ2) is 9.40. The number of pyridine rings is 1. The molecule has 10 nitrogen and oxygen atoms in total. The molecule has 35 heavy (non-hydrogen) atoms. The summed E-state index contributed by atoms with van der Waals surface area (Å²) in [7, 11) is -1.65. The number of piperazine rings is 1. The van der Waals surface area contributed by atoms with E-state index in [9.17, 15) is 26.9 Å². The summed E-state index contributed by atoms with van der Waals surface area (Å²) in [6.45, 7) is 1.96. The molecule has 1 saturated heterocycles. The number of ether oxygens (including phenoxy) is 1. The molecule has 0 radical (unpaired) electrons. The molecule has 3 heterocycles. The molecule has 0 amide bonds. The van der Waals surface area contributed by atoms with Gasteiger partial charge in [0, 0.05) is 45.3 Å². The Morgan fingerprint density at radius 3 is 2.51 bits per heavy atom. The molecule has 0 aliphatic carbocycles. The van der Waals surface area contributed by atoms with Gasteiger partial charge in [0.1, 0.15) is 23.9 Å². The summed E-state index contributed by atoms with van der Waals surface area (Å²) in [6.07, 6.45) is -3.53. The molecular weight excluding hydrogens is 487 g/mol. The van der Waals surface area contributed by atoms with Gasteiger partial charge >= 0.3 is 6.18 Å². The monoisotopic (exact) mass is 509 g/mol. The van der Waals surface area contributed by atoms with Crippen LogP contribution in [0.3, 0.4) is 0 Å². The van der Waals surface area contributed by atoms with E-state index in [1.807, 2.05) is 11.0 Å². The van der Waals surface area contributed by atoms with Gasteiger partial charge in [-0.3, -0.25) is 4.90 Å². The molecule has 186 valence electrons. The van der Waals surface area contributed by atoms with Crippen LogP contribution in [0.2, 0.25) is 0 Å². The van der Waals surface area contributed by atoms with Crippen molar-refractivity contribution in [3.8, 4) is 23.1 Å². The molecule has 0 atom stereocenters. The molecule has 0 N–H and O–H groups in total. The normalized spacial score (nSPS) is 15.9. The number of hydrogen-bond donors (Lipinski definition) is 0. The van der Waals surface area contributed by atoms with Gasteiger partial charge in [-0.05, 0) is 24.3 Å². The molecule has 3 aromatic rings. The van der Waals surface area contributed by atoms with E-state index in [-0.39, 0.29) is 34.8 Å². The SMILES string of the molecule is Cn1nnc2c(C#N)nc(-c3ccc(OCCN4CCN(S(C)(=O)=O)CC4)c(C(F)(F)F)c3)cc21. The molecule has 2 aromatic heterocycles. The van der Waals surface area contributed by atoms with Crippen LogP contribution in [-0.2, 0) is 23.2 Å². The maximum absolute atomic E-state index is 13.8. The van der Waals surface area contributed by atoms with E-state index >= 15 is 0 Å². The van der Waals surface area contributed by atoms with Gasteiger partial charge in [0.25, 0.3) is 0 Å². The number of halogens is 3. The molecule has 14 heteroatoms. The highest BCUT2D eigenvalue weighted by Gasteiger charge is 2.35. The van der Waals surface area contributed by atoms with Gasteiger partial charge in [0.05, 0.1) is 23.0 Å². The molecule has 0 unspecified atom stereocenters. The largest absolute Gasteiger partial charge is 0.492 e. The Hall–Kier alpha value is -3.28. The summed E-state index contributed by atoms with van der Waals surface area (Å²) in [6, 6.07) is 7.07. The van der Waals surface area contributed by atoms with Crippen molar-refractivity contribution < 1.29 is 26.3 Å². The minimum atomic E-state index is -4.68. The average molecular weight is 510 g/mol. The summed E-state index contributed by atoms with van der Waals surface area (Å²) in [5, 5.41) is 17.1. The number of fused-ring (bicyclic) bond motifs is 1. The Morgan fingerprint density at radius 2 is 1.89 bits per heavy atom. The standard InChI is InChI=1S/C21H22F3N7O3S/c1-29-18-12-16(26-17(13-25)20(18)27-28-29)14-3-4-19(15(11-14)21(22,23)24)34-10-9-30-5-7-31(8-6-30)35(2,32)33/h3-4,11-12H,5-10H2,1-2H3. The van der Waals surface area contributed by atoms with Crippen LogP contribution in [0.4, 0.5) is 13.2 Å². The van der Waals surface area contributed by atoms with Crippen LogP contribution in [0.1, 0.15) is 11.3 Å². The Morgan fingerprint density at radius 1 is 1.17 bits per heavy atom. The Bertz CT molecular complexity index is 1390. The summed E-state index contributed by atoms with van der Waals surface area (Å²) in [4.78, 5) is 6.10. The zero-order valence-corrected chi connectivity index (χ0v) is 19.8. The predicted octanol–water partition coefficient (Wildman–Crippen LogP) is 1.88. The van der Waals surface area contributed by atoms with Gasteiger partial charge in [-0.2, -0.15) is 22.7 Å². The lowest BCUT2D eigenvalue weighted by atomic mass is 10.1. The molecule has 1 aliphatic heterocycles. The first-order chi connectivity index (χ1) is 16.5. The van der Waals surface area contributed by atoms with E-state index in [2.05, 4.69) is 15.3 Å². The first-order valence-electron chi connectivity index (χ1n) is 10.6. The molecule has 1 aromatic carbocycles. The lowest BCUT2D eigenvalue weighted by Crippen LogP contribution is -2.49. The van der Waals surface area contributed by atoms with Gasteiger partial charge in [0.15, 0.2) is 5.69 Å². The molecule has 1 fully saturated rings. The summed E-state index contributed by atoms with van der Waals surface area (Å²) in [5.74, 6) is -0.320. The van der Waals surface area contributed by atoms with Crippen LogP contribution in [0, 0.1) is 11.3 Å². The average Bonchev–Trinajstić information content (AvgIpc) is 3.18. The highest BCUT2D eigenvalue weighted by atomic mass is 32.2. The van der Waals surface area contributed by atoms with Crippen LogP contribution in [0.15, 0.2) is 24.3 Å². The fourth-order valence-electron chi connectivity index (χ4n) is 3.86. The zero-order chi connectivity index (χ0) is 25.4. The highest BCUT2D eigenvalue weighted by Crippen LogP contribution is 2.39. The Kier molecular flexibility index (Phi) is 6.67. The van der Waals surface area contributed by atoms with E-state index in [0.29, 0.717) is 38.2 Å². The van der Waals surface area contributed by atoms with Crippen LogP contribution in [0.5, 0.6) is 5.75 Å². The second-order valence-electron chi connectivity index (χ2n) is 8.11.